The van der Waals surface area contributed by atoms with E-state index in [9.17, 15) is 9.59 Å². The van der Waals surface area contributed by atoms with Crippen LogP contribution in [0.5, 0.6) is 0 Å². The molecule has 0 radical (unpaired) electrons. The van der Waals surface area contributed by atoms with E-state index in [1.165, 1.54) is 4.90 Å². The Bertz CT molecular complexity index is 869. The third-order valence-corrected chi connectivity index (χ3v) is 5.12. The molecule has 3 rings (SSSR count). The zero-order valence-corrected chi connectivity index (χ0v) is 16.0. The average molecular weight is 431 g/mol. The van der Waals surface area contributed by atoms with E-state index >= 15 is 0 Å². The van der Waals surface area contributed by atoms with E-state index < -0.39 is 5.25 Å². The molecule has 132 valence electrons. The molecule has 1 atom stereocenters. The highest BCUT2D eigenvalue weighted by atomic mass is 79.9. The standard InChI is InChI=1S/C18H15BrN4O2S/c19-13-6-8-14(9-7-13)23-16(24)10-15(17(23)25)26-18(20)22-21-11-12-4-2-1-3-5-12/h1-9,11,15H,10H2,(H2,20,22)/b21-11-/t15-/m0/s1. The molecule has 1 aliphatic rings. The van der Waals surface area contributed by atoms with Gasteiger partial charge in [-0.25, -0.2) is 4.90 Å². The highest BCUT2D eigenvalue weighted by Crippen LogP contribution is 2.30. The highest BCUT2D eigenvalue weighted by molar-refractivity contribution is 9.10. The Labute approximate surface area is 163 Å². The van der Waals surface area contributed by atoms with Crippen LogP contribution >= 0.6 is 27.7 Å². The zero-order valence-electron chi connectivity index (χ0n) is 13.6. The van der Waals surface area contributed by atoms with Crippen molar-refractivity contribution in [2.75, 3.05) is 4.90 Å². The molecule has 1 heterocycles. The summed E-state index contributed by atoms with van der Waals surface area (Å²) in [6.45, 7) is 0. The summed E-state index contributed by atoms with van der Waals surface area (Å²) in [6, 6.07) is 16.5. The second-order valence-electron chi connectivity index (χ2n) is 5.45. The number of carbonyl (C=O) groups excluding carboxylic acids is 2. The molecule has 0 saturated carbocycles. The van der Waals surface area contributed by atoms with Crippen molar-refractivity contribution in [2.24, 2.45) is 15.9 Å². The first-order valence-electron chi connectivity index (χ1n) is 7.75. The molecule has 0 unspecified atom stereocenters. The predicted molar refractivity (Wildman–Crippen MR) is 108 cm³/mol. The summed E-state index contributed by atoms with van der Waals surface area (Å²) in [6.07, 6.45) is 1.65. The fraction of sp³-hybridized carbons (Fsp3) is 0.111. The van der Waals surface area contributed by atoms with Crippen molar-refractivity contribution in [3.8, 4) is 0 Å². The van der Waals surface area contributed by atoms with E-state index in [-0.39, 0.29) is 23.4 Å². The van der Waals surface area contributed by atoms with Crippen molar-refractivity contribution in [1.82, 2.24) is 0 Å². The third kappa shape index (κ3) is 4.39. The molecule has 8 heteroatoms. The molecule has 1 fully saturated rings. The summed E-state index contributed by atoms with van der Waals surface area (Å²) >= 11 is 4.38. The summed E-state index contributed by atoms with van der Waals surface area (Å²) in [5.74, 6) is -0.553. The quantitative estimate of drug-likeness (QED) is 0.349. The van der Waals surface area contributed by atoms with Gasteiger partial charge in [0.15, 0.2) is 5.17 Å². The molecule has 26 heavy (non-hydrogen) atoms. The van der Waals surface area contributed by atoms with E-state index in [0.717, 1.165) is 21.8 Å². The van der Waals surface area contributed by atoms with Gasteiger partial charge in [-0.1, -0.05) is 58.0 Å². The fourth-order valence-corrected chi connectivity index (χ4v) is 3.50. The number of hydrogen-bond acceptors (Lipinski definition) is 5. The van der Waals surface area contributed by atoms with Gasteiger partial charge in [-0.05, 0) is 29.8 Å². The molecule has 1 saturated heterocycles. The molecular weight excluding hydrogens is 416 g/mol. The molecule has 6 nitrogen and oxygen atoms in total. The second kappa shape index (κ2) is 8.29. The molecule has 0 spiro atoms. The first kappa shape index (κ1) is 18.3. The third-order valence-electron chi connectivity index (χ3n) is 3.62. The normalized spacial score (nSPS) is 18.1. The average Bonchev–Trinajstić information content (AvgIpc) is 2.90. The van der Waals surface area contributed by atoms with Crippen molar-refractivity contribution in [3.05, 3.63) is 64.6 Å². The van der Waals surface area contributed by atoms with Crippen LogP contribution in [0.15, 0.2) is 69.3 Å². The van der Waals surface area contributed by atoms with Crippen LogP contribution in [-0.2, 0) is 9.59 Å². The maximum atomic E-state index is 12.6. The lowest BCUT2D eigenvalue weighted by Crippen LogP contribution is -2.31. The Morgan fingerprint density at radius 2 is 1.85 bits per heavy atom. The van der Waals surface area contributed by atoms with Gasteiger partial charge in [-0.2, -0.15) is 5.10 Å². The van der Waals surface area contributed by atoms with Gasteiger partial charge in [0.25, 0.3) is 0 Å². The van der Waals surface area contributed by atoms with Gasteiger partial charge < -0.3 is 5.73 Å². The maximum absolute atomic E-state index is 12.6. The number of nitrogens with zero attached hydrogens (tertiary/aromatic N) is 3. The molecule has 2 N–H and O–H groups in total. The summed E-state index contributed by atoms with van der Waals surface area (Å²) < 4.78 is 0.874. The molecule has 2 aromatic rings. The van der Waals surface area contributed by atoms with Crippen LogP contribution in [0.3, 0.4) is 0 Å². The number of nitrogens with two attached hydrogens (primary N) is 1. The lowest BCUT2D eigenvalue weighted by Gasteiger charge is -2.14. The number of hydrogen-bond donors (Lipinski definition) is 1. The highest BCUT2D eigenvalue weighted by Gasteiger charge is 2.40. The van der Waals surface area contributed by atoms with E-state index in [0.29, 0.717) is 5.69 Å². The number of rotatable bonds is 4. The Kier molecular flexibility index (Phi) is 5.85. The van der Waals surface area contributed by atoms with Gasteiger partial charge in [-0.3, -0.25) is 9.59 Å². The van der Waals surface area contributed by atoms with Crippen molar-refractivity contribution in [1.29, 1.82) is 0 Å². The minimum Gasteiger partial charge on any atom is -0.377 e. The summed E-state index contributed by atoms with van der Waals surface area (Å²) in [5.41, 5.74) is 7.28. The fourth-order valence-electron chi connectivity index (χ4n) is 2.42. The predicted octanol–water partition coefficient (Wildman–Crippen LogP) is 3.16. The van der Waals surface area contributed by atoms with E-state index in [1.54, 1.807) is 30.5 Å². The van der Waals surface area contributed by atoms with Crippen molar-refractivity contribution in [3.63, 3.8) is 0 Å². The number of carbonyl (C=O) groups is 2. The van der Waals surface area contributed by atoms with Gasteiger partial charge in [0.05, 0.1) is 11.9 Å². The van der Waals surface area contributed by atoms with Gasteiger partial charge in [0.2, 0.25) is 11.8 Å². The Balaban J connectivity index is 1.66. The van der Waals surface area contributed by atoms with Gasteiger partial charge in [0.1, 0.15) is 5.25 Å². The lowest BCUT2D eigenvalue weighted by atomic mass is 10.2. The zero-order chi connectivity index (χ0) is 18.5. The lowest BCUT2D eigenvalue weighted by molar-refractivity contribution is -0.121. The molecular formula is C18H15BrN4O2S. The minimum atomic E-state index is -0.596. The number of anilines is 1. The van der Waals surface area contributed by atoms with Gasteiger partial charge in [0, 0.05) is 10.9 Å². The van der Waals surface area contributed by atoms with Crippen molar-refractivity contribution >= 4 is 56.6 Å². The molecule has 1 aliphatic heterocycles. The van der Waals surface area contributed by atoms with E-state index in [2.05, 4.69) is 26.1 Å². The van der Waals surface area contributed by atoms with Gasteiger partial charge in [-0.15, -0.1) is 5.10 Å². The monoisotopic (exact) mass is 430 g/mol. The second-order valence-corrected chi connectivity index (χ2v) is 7.59. The van der Waals surface area contributed by atoms with E-state index in [1.807, 2.05) is 30.3 Å². The SMILES string of the molecule is NC(=N/N=C\c1ccccc1)S[C@H]1CC(=O)N(c2ccc(Br)cc2)C1=O. The smallest absolute Gasteiger partial charge is 0.247 e. The van der Waals surface area contributed by atoms with E-state index in [4.69, 9.17) is 5.73 Å². The topological polar surface area (TPSA) is 88.1 Å². The number of amidine groups is 1. The van der Waals surface area contributed by atoms with Gasteiger partial charge >= 0.3 is 0 Å². The van der Waals surface area contributed by atoms with Crippen LogP contribution in [0.2, 0.25) is 0 Å². The van der Waals surface area contributed by atoms with Crippen LogP contribution in [0.25, 0.3) is 0 Å². The van der Waals surface area contributed by atoms with Crippen LogP contribution in [0.1, 0.15) is 12.0 Å². The largest absolute Gasteiger partial charge is 0.377 e. The summed E-state index contributed by atoms with van der Waals surface area (Å²) in [7, 11) is 0. The molecule has 0 aliphatic carbocycles. The molecule has 2 aromatic carbocycles. The van der Waals surface area contributed by atoms with Crippen LogP contribution < -0.4 is 10.6 Å². The van der Waals surface area contributed by atoms with Crippen LogP contribution in [-0.4, -0.2) is 28.4 Å². The Morgan fingerprint density at radius 1 is 1.15 bits per heavy atom. The number of halogens is 1. The first-order valence-corrected chi connectivity index (χ1v) is 9.42. The first-order chi connectivity index (χ1) is 12.5. The van der Waals surface area contributed by atoms with Crippen LogP contribution in [0, 0.1) is 0 Å². The molecule has 2 amide bonds. The molecule has 0 aromatic heterocycles. The summed E-state index contributed by atoms with van der Waals surface area (Å²) in [5, 5.41) is 7.35. The summed E-state index contributed by atoms with van der Waals surface area (Å²) in [4.78, 5) is 26.0. The Hall–Kier alpha value is -2.45. The number of amides is 2. The minimum absolute atomic E-state index is 0.0815. The van der Waals surface area contributed by atoms with Crippen LogP contribution in [0.4, 0.5) is 5.69 Å². The number of benzene rings is 2. The molecule has 0 bridgehead atoms. The van der Waals surface area contributed by atoms with Crippen molar-refractivity contribution < 1.29 is 9.59 Å². The number of imide groups is 1. The van der Waals surface area contributed by atoms with Crippen molar-refractivity contribution in [2.45, 2.75) is 11.7 Å². The Morgan fingerprint density at radius 3 is 2.54 bits per heavy atom. The maximum Gasteiger partial charge on any atom is 0.247 e. The number of thioether (sulfide) groups is 1.